The molecule has 1 amide bonds. The smallest absolute Gasteiger partial charge is 0.276 e. The van der Waals surface area contributed by atoms with Gasteiger partial charge in [0.05, 0.1) is 12.5 Å². The van der Waals surface area contributed by atoms with Gasteiger partial charge in [0.1, 0.15) is 0 Å². The lowest BCUT2D eigenvalue weighted by Crippen LogP contribution is -2.32. The number of rotatable bonds is 4. The van der Waals surface area contributed by atoms with Crippen LogP contribution in [0.5, 0.6) is 0 Å². The third-order valence-electron chi connectivity index (χ3n) is 3.91. The quantitative estimate of drug-likeness (QED) is 0.762. The highest BCUT2D eigenvalue weighted by atomic mass is 35.5. The Morgan fingerprint density at radius 1 is 1.42 bits per heavy atom. The molecular weight excluding hydrogens is 328 g/mol. The van der Waals surface area contributed by atoms with Crippen LogP contribution < -0.4 is 10.9 Å². The Morgan fingerprint density at radius 2 is 2.21 bits per heavy atom. The van der Waals surface area contributed by atoms with Crippen LogP contribution in [0.1, 0.15) is 29.8 Å². The second-order valence-electron chi connectivity index (χ2n) is 5.66. The van der Waals surface area contributed by atoms with Crippen LogP contribution in [0.25, 0.3) is 5.65 Å². The van der Waals surface area contributed by atoms with Crippen LogP contribution in [0.3, 0.4) is 0 Å². The van der Waals surface area contributed by atoms with Crippen molar-refractivity contribution in [3.63, 3.8) is 0 Å². The van der Waals surface area contributed by atoms with E-state index in [-0.39, 0.29) is 23.9 Å². The number of aromatic amines is 1. The Kier molecular flexibility index (Phi) is 4.40. The zero-order valence-corrected chi connectivity index (χ0v) is 14.1. The zero-order chi connectivity index (χ0) is 17.3. The SMILES string of the molecule is Cc1nc2cc[nH]n2c(=O)c1CC(=O)NC(C)c1cccc(Cl)c1. The number of fused-ring (bicyclic) bond motifs is 1. The largest absolute Gasteiger partial charge is 0.349 e. The number of hydrogen-bond acceptors (Lipinski definition) is 3. The number of carbonyl (C=O) groups excluding carboxylic acids is 1. The molecule has 2 heterocycles. The van der Waals surface area contributed by atoms with Gasteiger partial charge in [0, 0.05) is 28.5 Å². The molecule has 1 atom stereocenters. The van der Waals surface area contributed by atoms with Crippen LogP contribution in [-0.4, -0.2) is 20.5 Å². The van der Waals surface area contributed by atoms with Crippen LogP contribution >= 0.6 is 11.6 Å². The summed E-state index contributed by atoms with van der Waals surface area (Å²) in [7, 11) is 0. The van der Waals surface area contributed by atoms with E-state index >= 15 is 0 Å². The van der Waals surface area contributed by atoms with Gasteiger partial charge in [0.2, 0.25) is 5.91 Å². The lowest BCUT2D eigenvalue weighted by atomic mass is 10.1. The summed E-state index contributed by atoms with van der Waals surface area (Å²) < 4.78 is 1.33. The van der Waals surface area contributed by atoms with E-state index in [4.69, 9.17) is 11.6 Å². The predicted octanol–water partition coefficient (Wildman–Crippen LogP) is 2.40. The summed E-state index contributed by atoms with van der Waals surface area (Å²) in [6, 6.07) is 8.81. The van der Waals surface area contributed by atoms with E-state index < -0.39 is 0 Å². The molecule has 3 rings (SSSR count). The molecule has 2 aromatic heterocycles. The van der Waals surface area contributed by atoms with Gasteiger partial charge in [-0.25, -0.2) is 9.50 Å². The first-order chi connectivity index (χ1) is 11.5. The van der Waals surface area contributed by atoms with Gasteiger partial charge in [-0.15, -0.1) is 0 Å². The first-order valence-corrected chi connectivity index (χ1v) is 7.94. The highest BCUT2D eigenvalue weighted by Gasteiger charge is 2.16. The second-order valence-corrected chi connectivity index (χ2v) is 6.09. The van der Waals surface area contributed by atoms with Crippen LogP contribution in [0.2, 0.25) is 5.02 Å². The molecule has 124 valence electrons. The molecule has 2 N–H and O–H groups in total. The number of aromatic nitrogens is 3. The van der Waals surface area contributed by atoms with Crippen LogP contribution in [-0.2, 0) is 11.2 Å². The number of benzene rings is 1. The summed E-state index contributed by atoms with van der Waals surface area (Å²) in [6.07, 6.45) is 1.61. The number of H-pyrrole nitrogens is 1. The topological polar surface area (TPSA) is 79.3 Å². The van der Waals surface area contributed by atoms with Crippen molar-refractivity contribution < 1.29 is 4.79 Å². The Balaban J connectivity index is 1.79. The Bertz CT molecular complexity index is 961. The standard InChI is InChI=1S/C17H17ClN4O2/c1-10(12-4-3-5-13(18)8-12)21-16(23)9-14-11(2)20-15-6-7-19-22(15)17(14)24/h3-8,10,19H,9H2,1-2H3,(H,21,23). The molecule has 3 aromatic rings. The molecule has 1 aromatic carbocycles. The van der Waals surface area contributed by atoms with Gasteiger partial charge in [-0.3, -0.25) is 14.7 Å². The van der Waals surface area contributed by atoms with Crippen LogP contribution in [0.15, 0.2) is 41.3 Å². The Morgan fingerprint density at radius 3 is 2.96 bits per heavy atom. The number of nitrogens with zero attached hydrogens (tertiary/aromatic N) is 2. The fourth-order valence-corrected chi connectivity index (χ4v) is 2.82. The number of aryl methyl sites for hydroxylation is 1. The Hall–Kier alpha value is -2.60. The third-order valence-corrected chi connectivity index (χ3v) is 4.14. The molecule has 0 aliphatic rings. The van der Waals surface area contributed by atoms with Crippen molar-refractivity contribution in [1.29, 1.82) is 0 Å². The molecule has 6 nitrogen and oxygen atoms in total. The molecule has 0 bridgehead atoms. The van der Waals surface area contributed by atoms with E-state index in [9.17, 15) is 9.59 Å². The van der Waals surface area contributed by atoms with Gasteiger partial charge in [0.25, 0.3) is 5.56 Å². The number of hydrogen-bond donors (Lipinski definition) is 2. The van der Waals surface area contributed by atoms with E-state index in [1.165, 1.54) is 4.52 Å². The zero-order valence-electron chi connectivity index (χ0n) is 13.3. The van der Waals surface area contributed by atoms with E-state index in [0.29, 0.717) is 21.9 Å². The maximum Gasteiger partial charge on any atom is 0.276 e. The predicted molar refractivity (Wildman–Crippen MR) is 92.3 cm³/mol. The summed E-state index contributed by atoms with van der Waals surface area (Å²) in [5.74, 6) is -0.240. The van der Waals surface area contributed by atoms with Crippen molar-refractivity contribution in [3.8, 4) is 0 Å². The van der Waals surface area contributed by atoms with Crippen molar-refractivity contribution >= 4 is 23.2 Å². The summed E-state index contributed by atoms with van der Waals surface area (Å²) in [6.45, 7) is 3.60. The molecule has 0 saturated heterocycles. The number of nitrogens with one attached hydrogen (secondary N) is 2. The van der Waals surface area contributed by atoms with Crippen molar-refractivity contribution in [2.75, 3.05) is 0 Å². The first-order valence-electron chi connectivity index (χ1n) is 7.56. The average molecular weight is 345 g/mol. The van der Waals surface area contributed by atoms with Gasteiger partial charge < -0.3 is 5.32 Å². The first kappa shape index (κ1) is 16.3. The van der Waals surface area contributed by atoms with Crippen LogP contribution in [0, 0.1) is 6.92 Å². The van der Waals surface area contributed by atoms with E-state index in [2.05, 4.69) is 15.4 Å². The molecule has 1 unspecified atom stereocenters. The highest BCUT2D eigenvalue weighted by Crippen LogP contribution is 2.17. The van der Waals surface area contributed by atoms with E-state index in [1.807, 2.05) is 19.1 Å². The summed E-state index contributed by atoms with van der Waals surface area (Å²) in [5.41, 5.74) is 2.13. The fraction of sp³-hybridized carbons (Fsp3) is 0.235. The average Bonchev–Trinajstić information content (AvgIpc) is 2.99. The van der Waals surface area contributed by atoms with E-state index in [0.717, 1.165) is 5.56 Å². The molecule has 0 radical (unpaired) electrons. The van der Waals surface area contributed by atoms with Gasteiger partial charge >= 0.3 is 0 Å². The minimum Gasteiger partial charge on any atom is -0.349 e. The maximum atomic E-state index is 12.4. The molecule has 0 spiro atoms. The number of amides is 1. The summed E-state index contributed by atoms with van der Waals surface area (Å²) >= 11 is 5.97. The second kappa shape index (κ2) is 6.49. The molecule has 0 fully saturated rings. The monoisotopic (exact) mass is 344 g/mol. The van der Waals surface area contributed by atoms with Gasteiger partial charge in [-0.05, 0) is 31.5 Å². The third kappa shape index (κ3) is 3.19. The van der Waals surface area contributed by atoms with Crippen molar-refractivity contribution in [2.45, 2.75) is 26.3 Å². The fourth-order valence-electron chi connectivity index (χ4n) is 2.62. The molecule has 7 heteroatoms. The lowest BCUT2D eigenvalue weighted by molar-refractivity contribution is -0.121. The molecule has 0 saturated carbocycles. The highest BCUT2D eigenvalue weighted by molar-refractivity contribution is 6.30. The lowest BCUT2D eigenvalue weighted by Gasteiger charge is -2.15. The van der Waals surface area contributed by atoms with Crippen molar-refractivity contribution in [2.24, 2.45) is 0 Å². The number of carbonyl (C=O) groups is 1. The van der Waals surface area contributed by atoms with Crippen molar-refractivity contribution in [3.05, 3.63) is 68.7 Å². The van der Waals surface area contributed by atoms with Gasteiger partial charge in [-0.2, -0.15) is 0 Å². The summed E-state index contributed by atoms with van der Waals surface area (Å²) in [4.78, 5) is 29.1. The van der Waals surface area contributed by atoms with E-state index in [1.54, 1.807) is 31.3 Å². The molecule has 0 aliphatic heterocycles. The minimum atomic E-state index is -0.256. The molecule has 0 aliphatic carbocycles. The molecular formula is C17H17ClN4O2. The minimum absolute atomic E-state index is 0.0233. The molecule has 24 heavy (non-hydrogen) atoms. The normalized spacial score (nSPS) is 12.3. The number of halogens is 1. The maximum absolute atomic E-state index is 12.4. The van der Waals surface area contributed by atoms with Gasteiger partial charge in [0.15, 0.2) is 5.65 Å². The Labute approximate surface area is 143 Å². The summed E-state index contributed by atoms with van der Waals surface area (Å²) in [5, 5.41) is 6.30. The van der Waals surface area contributed by atoms with Crippen LogP contribution in [0.4, 0.5) is 0 Å². The van der Waals surface area contributed by atoms with Crippen molar-refractivity contribution in [1.82, 2.24) is 19.9 Å². The van der Waals surface area contributed by atoms with Gasteiger partial charge in [-0.1, -0.05) is 23.7 Å².